The van der Waals surface area contributed by atoms with E-state index in [1.807, 2.05) is 25.2 Å². The van der Waals surface area contributed by atoms with Gasteiger partial charge in [0.25, 0.3) is 0 Å². The number of rotatable bonds is 5. The minimum Gasteiger partial charge on any atom is -0.468 e. The SMILES string of the molecule is CN(Cc1ccco1)Cc1occc1CN. The molecule has 2 rings (SSSR count). The van der Waals surface area contributed by atoms with E-state index < -0.39 is 0 Å². The van der Waals surface area contributed by atoms with Gasteiger partial charge in [-0.2, -0.15) is 0 Å². The average molecular weight is 220 g/mol. The highest BCUT2D eigenvalue weighted by atomic mass is 16.3. The van der Waals surface area contributed by atoms with Crippen molar-refractivity contribution >= 4 is 0 Å². The monoisotopic (exact) mass is 220 g/mol. The first-order valence-electron chi connectivity index (χ1n) is 5.26. The lowest BCUT2D eigenvalue weighted by Crippen LogP contribution is -2.17. The molecule has 0 aromatic carbocycles. The predicted molar refractivity (Wildman–Crippen MR) is 60.5 cm³/mol. The topological polar surface area (TPSA) is 55.5 Å². The molecule has 2 heterocycles. The molecule has 0 radical (unpaired) electrons. The van der Waals surface area contributed by atoms with E-state index in [1.54, 1.807) is 12.5 Å². The van der Waals surface area contributed by atoms with Crippen LogP contribution >= 0.6 is 0 Å². The molecule has 4 nitrogen and oxygen atoms in total. The Bertz CT molecular complexity index is 420. The quantitative estimate of drug-likeness (QED) is 0.837. The molecule has 0 aliphatic carbocycles. The van der Waals surface area contributed by atoms with Gasteiger partial charge in [-0.3, -0.25) is 4.90 Å². The van der Waals surface area contributed by atoms with Crippen LogP contribution in [0.4, 0.5) is 0 Å². The second-order valence-corrected chi connectivity index (χ2v) is 3.82. The lowest BCUT2D eigenvalue weighted by molar-refractivity contribution is 0.263. The maximum atomic E-state index is 5.61. The van der Waals surface area contributed by atoms with Gasteiger partial charge in [0.15, 0.2) is 0 Å². The van der Waals surface area contributed by atoms with Gasteiger partial charge in [0.05, 0.1) is 25.6 Å². The van der Waals surface area contributed by atoms with Crippen LogP contribution in [0, 0.1) is 0 Å². The summed E-state index contributed by atoms with van der Waals surface area (Å²) in [5.41, 5.74) is 6.67. The maximum absolute atomic E-state index is 5.61. The average Bonchev–Trinajstić information content (AvgIpc) is 2.88. The van der Waals surface area contributed by atoms with Gasteiger partial charge in [-0.1, -0.05) is 0 Å². The molecule has 0 amide bonds. The normalized spacial score (nSPS) is 11.2. The highest BCUT2D eigenvalue weighted by molar-refractivity contribution is 5.16. The lowest BCUT2D eigenvalue weighted by Gasteiger charge is -2.14. The van der Waals surface area contributed by atoms with Crippen LogP contribution in [-0.4, -0.2) is 11.9 Å². The fourth-order valence-corrected chi connectivity index (χ4v) is 1.66. The molecule has 0 spiro atoms. The molecule has 0 fully saturated rings. The molecule has 86 valence electrons. The van der Waals surface area contributed by atoms with Crippen molar-refractivity contribution in [3.8, 4) is 0 Å². The van der Waals surface area contributed by atoms with Crippen molar-refractivity contribution in [3.05, 3.63) is 47.8 Å². The first-order valence-corrected chi connectivity index (χ1v) is 5.26. The van der Waals surface area contributed by atoms with Crippen molar-refractivity contribution < 1.29 is 8.83 Å². The van der Waals surface area contributed by atoms with Gasteiger partial charge in [-0.25, -0.2) is 0 Å². The van der Waals surface area contributed by atoms with Gasteiger partial charge in [0.2, 0.25) is 0 Å². The highest BCUT2D eigenvalue weighted by Gasteiger charge is 2.09. The van der Waals surface area contributed by atoms with Crippen LogP contribution in [0.2, 0.25) is 0 Å². The number of hydrogen-bond acceptors (Lipinski definition) is 4. The summed E-state index contributed by atoms with van der Waals surface area (Å²) >= 11 is 0. The van der Waals surface area contributed by atoms with Crippen LogP contribution in [0.25, 0.3) is 0 Å². The zero-order chi connectivity index (χ0) is 11.4. The summed E-state index contributed by atoms with van der Waals surface area (Å²) < 4.78 is 10.7. The summed E-state index contributed by atoms with van der Waals surface area (Å²) in [6.07, 6.45) is 3.36. The van der Waals surface area contributed by atoms with E-state index in [0.29, 0.717) is 6.54 Å². The lowest BCUT2D eigenvalue weighted by atomic mass is 10.2. The Balaban J connectivity index is 1.94. The van der Waals surface area contributed by atoms with E-state index in [9.17, 15) is 0 Å². The zero-order valence-electron chi connectivity index (χ0n) is 9.35. The Labute approximate surface area is 94.6 Å². The summed E-state index contributed by atoms with van der Waals surface area (Å²) in [4.78, 5) is 2.12. The third-order valence-electron chi connectivity index (χ3n) is 2.48. The predicted octanol–water partition coefficient (Wildman–Crippen LogP) is 1.96. The number of hydrogen-bond donors (Lipinski definition) is 1. The van der Waals surface area contributed by atoms with Crippen LogP contribution in [-0.2, 0) is 19.6 Å². The van der Waals surface area contributed by atoms with Gasteiger partial charge in [-0.15, -0.1) is 0 Å². The summed E-state index contributed by atoms with van der Waals surface area (Å²) in [5, 5.41) is 0. The van der Waals surface area contributed by atoms with E-state index in [1.165, 1.54) is 0 Å². The van der Waals surface area contributed by atoms with E-state index >= 15 is 0 Å². The summed E-state index contributed by atoms with van der Waals surface area (Å²) in [7, 11) is 2.02. The number of nitrogens with zero attached hydrogens (tertiary/aromatic N) is 1. The fourth-order valence-electron chi connectivity index (χ4n) is 1.66. The van der Waals surface area contributed by atoms with Crippen LogP contribution in [0.3, 0.4) is 0 Å². The third-order valence-corrected chi connectivity index (χ3v) is 2.48. The third kappa shape index (κ3) is 2.53. The molecule has 0 saturated carbocycles. The molecule has 0 saturated heterocycles. The standard InChI is InChI=1S/C12H16N2O2/c1-14(8-11-3-2-5-15-11)9-12-10(7-13)4-6-16-12/h2-6H,7-9,13H2,1H3. The van der Waals surface area contributed by atoms with Crippen molar-refractivity contribution in [2.45, 2.75) is 19.6 Å². The van der Waals surface area contributed by atoms with Crippen LogP contribution < -0.4 is 5.73 Å². The van der Waals surface area contributed by atoms with Gasteiger partial charge >= 0.3 is 0 Å². The number of nitrogens with two attached hydrogens (primary N) is 1. The van der Waals surface area contributed by atoms with Gasteiger partial charge in [0, 0.05) is 12.1 Å². The van der Waals surface area contributed by atoms with E-state index in [4.69, 9.17) is 14.6 Å². The largest absolute Gasteiger partial charge is 0.468 e. The molecule has 16 heavy (non-hydrogen) atoms. The van der Waals surface area contributed by atoms with E-state index in [-0.39, 0.29) is 0 Å². The summed E-state index contributed by atoms with van der Waals surface area (Å²) in [6.45, 7) is 2.01. The first-order chi connectivity index (χ1) is 7.79. The van der Waals surface area contributed by atoms with Gasteiger partial charge < -0.3 is 14.6 Å². The molecule has 0 atom stereocenters. The van der Waals surface area contributed by atoms with Crippen LogP contribution in [0.5, 0.6) is 0 Å². The van der Waals surface area contributed by atoms with E-state index in [0.717, 1.165) is 30.2 Å². The minimum atomic E-state index is 0.514. The minimum absolute atomic E-state index is 0.514. The van der Waals surface area contributed by atoms with Crippen molar-refractivity contribution in [1.82, 2.24) is 4.90 Å². The van der Waals surface area contributed by atoms with Crippen molar-refractivity contribution in [2.75, 3.05) is 7.05 Å². The Hall–Kier alpha value is -1.52. The fraction of sp³-hybridized carbons (Fsp3) is 0.333. The smallest absolute Gasteiger partial charge is 0.122 e. The second kappa shape index (κ2) is 5.01. The van der Waals surface area contributed by atoms with E-state index in [2.05, 4.69) is 4.90 Å². The maximum Gasteiger partial charge on any atom is 0.122 e. The van der Waals surface area contributed by atoms with Crippen molar-refractivity contribution in [2.24, 2.45) is 5.73 Å². The van der Waals surface area contributed by atoms with Gasteiger partial charge in [-0.05, 0) is 25.2 Å². The molecule has 2 aromatic heterocycles. The summed E-state index contributed by atoms with van der Waals surface area (Å²) in [6, 6.07) is 5.76. The summed E-state index contributed by atoms with van der Waals surface area (Å²) in [5.74, 6) is 1.87. The molecule has 4 heteroatoms. The Morgan fingerprint density at radius 2 is 2.06 bits per heavy atom. The molecule has 2 N–H and O–H groups in total. The van der Waals surface area contributed by atoms with Gasteiger partial charge in [0.1, 0.15) is 11.5 Å². The highest BCUT2D eigenvalue weighted by Crippen LogP contribution is 2.13. The first kappa shape index (κ1) is 11.0. The van der Waals surface area contributed by atoms with Crippen LogP contribution in [0.1, 0.15) is 17.1 Å². The van der Waals surface area contributed by atoms with Crippen LogP contribution in [0.15, 0.2) is 39.6 Å². The second-order valence-electron chi connectivity index (χ2n) is 3.82. The molecular formula is C12H16N2O2. The Morgan fingerprint density at radius 1 is 1.19 bits per heavy atom. The molecule has 0 aliphatic rings. The number of furan rings is 2. The molecule has 0 bridgehead atoms. The van der Waals surface area contributed by atoms with Crippen molar-refractivity contribution in [1.29, 1.82) is 0 Å². The molecule has 2 aromatic rings. The Morgan fingerprint density at radius 3 is 2.75 bits per heavy atom. The molecule has 0 unspecified atom stereocenters. The molecular weight excluding hydrogens is 204 g/mol. The zero-order valence-corrected chi connectivity index (χ0v) is 9.35. The van der Waals surface area contributed by atoms with Crippen molar-refractivity contribution in [3.63, 3.8) is 0 Å². The Kier molecular flexibility index (Phi) is 3.44. The molecule has 0 aliphatic heterocycles.